The van der Waals surface area contributed by atoms with E-state index in [1.54, 1.807) is 0 Å². The van der Waals surface area contributed by atoms with Gasteiger partial charge in [0.05, 0.1) is 10.2 Å². The second-order valence-corrected chi connectivity index (χ2v) is 4.29. The Labute approximate surface area is 91.9 Å². The average Bonchev–Trinajstić information content (AvgIpc) is 2.09. The van der Waals surface area contributed by atoms with E-state index in [0.29, 0.717) is 11.1 Å². The molecule has 0 N–H and O–H groups in total. The van der Waals surface area contributed by atoms with Crippen molar-refractivity contribution in [3.8, 4) is 0 Å². The number of hydrogen-bond acceptors (Lipinski definition) is 2. The highest BCUT2D eigenvalue weighted by Crippen LogP contribution is 2.25. The molecule has 1 rings (SSSR count). The van der Waals surface area contributed by atoms with Crippen molar-refractivity contribution >= 4 is 27.5 Å². The Hall–Kier alpha value is -0.150. The maximum Gasteiger partial charge on any atom is 0.147 e. The number of halogens is 2. The molecule has 1 aromatic rings. The van der Waals surface area contributed by atoms with E-state index in [1.165, 1.54) is 0 Å². The summed E-state index contributed by atoms with van der Waals surface area (Å²) in [6, 6.07) is 0. The summed E-state index contributed by atoms with van der Waals surface area (Å²) >= 11 is 9.31. The van der Waals surface area contributed by atoms with Crippen molar-refractivity contribution in [1.82, 2.24) is 9.97 Å². The van der Waals surface area contributed by atoms with Gasteiger partial charge in [0.15, 0.2) is 0 Å². The lowest BCUT2D eigenvalue weighted by molar-refractivity contribution is 0.755. The quantitative estimate of drug-likeness (QED) is 0.762. The summed E-state index contributed by atoms with van der Waals surface area (Å²) in [5, 5.41) is 0.510. The van der Waals surface area contributed by atoms with Crippen molar-refractivity contribution in [2.24, 2.45) is 0 Å². The lowest BCUT2D eigenvalue weighted by Crippen LogP contribution is -2.02. The van der Waals surface area contributed by atoms with Gasteiger partial charge in [-0.1, -0.05) is 32.4 Å². The van der Waals surface area contributed by atoms with Crippen LogP contribution in [0.3, 0.4) is 0 Å². The van der Waals surface area contributed by atoms with E-state index in [1.807, 2.05) is 6.92 Å². The molecule has 0 aliphatic heterocycles. The van der Waals surface area contributed by atoms with Crippen LogP contribution in [0.2, 0.25) is 5.15 Å². The van der Waals surface area contributed by atoms with Crippen LogP contribution in [0.15, 0.2) is 4.47 Å². The van der Waals surface area contributed by atoms with Crippen LogP contribution >= 0.6 is 27.5 Å². The summed E-state index contributed by atoms with van der Waals surface area (Å²) in [5.74, 6) is 1.13. The zero-order chi connectivity index (χ0) is 10.0. The Balaban J connectivity index is 3.22. The molecular weight excluding hydrogens is 251 g/mol. The number of hydrogen-bond donors (Lipinski definition) is 0. The first-order valence-corrected chi connectivity index (χ1v) is 5.45. The zero-order valence-corrected chi connectivity index (χ0v) is 10.3. The van der Waals surface area contributed by atoms with Gasteiger partial charge in [0.25, 0.3) is 0 Å². The van der Waals surface area contributed by atoms with Gasteiger partial charge in [0.2, 0.25) is 0 Å². The van der Waals surface area contributed by atoms with Crippen molar-refractivity contribution < 1.29 is 0 Å². The molecule has 4 heteroatoms. The second-order valence-electron chi connectivity index (χ2n) is 3.14. The molecule has 72 valence electrons. The molecule has 1 aromatic heterocycles. The summed E-state index contributed by atoms with van der Waals surface area (Å²) in [4.78, 5) is 8.60. The van der Waals surface area contributed by atoms with Gasteiger partial charge in [-0.3, -0.25) is 0 Å². The molecule has 0 aliphatic rings. The molecule has 13 heavy (non-hydrogen) atoms. The second kappa shape index (κ2) is 4.38. The number of aryl methyl sites for hydroxylation is 1. The monoisotopic (exact) mass is 262 g/mol. The van der Waals surface area contributed by atoms with E-state index >= 15 is 0 Å². The molecule has 1 heterocycles. The van der Waals surface area contributed by atoms with E-state index in [4.69, 9.17) is 11.6 Å². The normalized spacial score (nSPS) is 10.9. The minimum Gasteiger partial charge on any atom is -0.236 e. The highest BCUT2D eigenvalue weighted by Gasteiger charge is 2.11. The molecule has 0 radical (unpaired) electrons. The molecule has 0 saturated carbocycles. The molecule has 0 amide bonds. The SMILES string of the molecule is CCc1nc(C(C)C)nc(Cl)c1Br. The predicted octanol–water partition coefficient (Wildman–Crippen LogP) is 3.58. The minimum atomic E-state index is 0.316. The topological polar surface area (TPSA) is 25.8 Å². The van der Waals surface area contributed by atoms with Gasteiger partial charge in [0.1, 0.15) is 11.0 Å². The van der Waals surface area contributed by atoms with E-state index in [-0.39, 0.29) is 0 Å². The minimum absolute atomic E-state index is 0.316. The Morgan fingerprint density at radius 1 is 1.38 bits per heavy atom. The van der Waals surface area contributed by atoms with Crippen LogP contribution < -0.4 is 0 Å². The van der Waals surface area contributed by atoms with Crippen LogP contribution in [0, 0.1) is 0 Å². The Bertz CT molecular complexity index is 313. The molecular formula is C9H12BrClN2. The summed E-state index contributed by atoms with van der Waals surface area (Å²) < 4.78 is 0.820. The van der Waals surface area contributed by atoms with Crippen molar-refractivity contribution in [3.63, 3.8) is 0 Å². The first-order chi connectivity index (χ1) is 6.06. The van der Waals surface area contributed by atoms with Gasteiger partial charge in [-0.25, -0.2) is 9.97 Å². The van der Waals surface area contributed by atoms with Crippen LogP contribution in [0.1, 0.15) is 38.2 Å². The molecule has 0 bridgehead atoms. The molecule has 0 aromatic carbocycles. The van der Waals surface area contributed by atoms with E-state index in [0.717, 1.165) is 22.4 Å². The smallest absolute Gasteiger partial charge is 0.147 e. The third-order valence-corrected chi connectivity index (χ3v) is 3.08. The summed E-state index contributed by atoms with van der Waals surface area (Å²) in [5.41, 5.74) is 0.976. The number of nitrogens with zero attached hydrogens (tertiary/aromatic N) is 2. The Morgan fingerprint density at radius 2 is 2.00 bits per heavy atom. The highest BCUT2D eigenvalue weighted by molar-refractivity contribution is 9.10. The maximum absolute atomic E-state index is 5.94. The lowest BCUT2D eigenvalue weighted by atomic mass is 10.2. The fourth-order valence-electron chi connectivity index (χ4n) is 0.974. The van der Waals surface area contributed by atoms with E-state index in [2.05, 4.69) is 39.7 Å². The van der Waals surface area contributed by atoms with Crippen LogP contribution in [-0.4, -0.2) is 9.97 Å². The summed E-state index contributed by atoms with van der Waals surface area (Å²) in [6.07, 6.45) is 0.864. The maximum atomic E-state index is 5.94. The van der Waals surface area contributed by atoms with Gasteiger partial charge < -0.3 is 0 Å². The van der Waals surface area contributed by atoms with Gasteiger partial charge in [-0.2, -0.15) is 0 Å². The van der Waals surface area contributed by atoms with Crippen molar-refractivity contribution in [3.05, 3.63) is 21.1 Å². The largest absolute Gasteiger partial charge is 0.236 e. The van der Waals surface area contributed by atoms with Crippen LogP contribution in [-0.2, 0) is 6.42 Å². The summed E-state index contributed by atoms with van der Waals surface area (Å²) in [7, 11) is 0. The van der Waals surface area contributed by atoms with Gasteiger partial charge >= 0.3 is 0 Å². The summed E-state index contributed by atoms with van der Waals surface area (Å²) in [6.45, 7) is 6.16. The fraction of sp³-hybridized carbons (Fsp3) is 0.556. The Morgan fingerprint density at radius 3 is 2.46 bits per heavy atom. The van der Waals surface area contributed by atoms with Crippen molar-refractivity contribution in [2.45, 2.75) is 33.1 Å². The number of rotatable bonds is 2. The zero-order valence-electron chi connectivity index (χ0n) is 7.93. The van der Waals surface area contributed by atoms with E-state index in [9.17, 15) is 0 Å². The van der Waals surface area contributed by atoms with Gasteiger partial charge in [-0.15, -0.1) is 0 Å². The third kappa shape index (κ3) is 2.41. The van der Waals surface area contributed by atoms with Crippen LogP contribution in [0.5, 0.6) is 0 Å². The average molecular weight is 264 g/mol. The van der Waals surface area contributed by atoms with E-state index < -0.39 is 0 Å². The van der Waals surface area contributed by atoms with Crippen molar-refractivity contribution in [2.75, 3.05) is 0 Å². The standard InChI is InChI=1S/C9H12BrClN2/c1-4-6-7(10)8(11)13-9(12-6)5(2)3/h5H,4H2,1-3H3. The fourth-order valence-corrected chi connectivity index (χ4v) is 1.63. The molecule has 0 fully saturated rings. The molecule has 0 unspecified atom stereocenters. The Kier molecular flexibility index (Phi) is 3.68. The van der Waals surface area contributed by atoms with Gasteiger partial charge in [0, 0.05) is 5.92 Å². The van der Waals surface area contributed by atoms with Crippen LogP contribution in [0.4, 0.5) is 0 Å². The molecule has 0 spiro atoms. The molecule has 0 saturated heterocycles. The molecule has 0 atom stereocenters. The lowest BCUT2D eigenvalue weighted by Gasteiger charge is -2.08. The predicted molar refractivity (Wildman–Crippen MR) is 58.2 cm³/mol. The van der Waals surface area contributed by atoms with Crippen molar-refractivity contribution in [1.29, 1.82) is 0 Å². The van der Waals surface area contributed by atoms with Crippen LogP contribution in [0.25, 0.3) is 0 Å². The highest BCUT2D eigenvalue weighted by atomic mass is 79.9. The molecule has 2 nitrogen and oxygen atoms in total. The molecule has 0 aliphatic carbocycles. The third-order valence-electron chi connectivity index (χ3n) is 1.75. The first kappa shape index (κ1) is 10.9. The first-order valence-electron chi connectivity index (χ1n) is 4.28. The number of aromatic nitrogens is 2. The van der Waals surface area contributed by atoms with Gasteiger partial charge in [-0.05, 0) is 22.4 Å².